The molecular weight excluding hydrogens is 523 g/mol. The van der Waals surface area contributed by atoms with Crippen LogP contribution in [0.3, 0.4) is 0 Å². The van der Waals surface area contributed by atoms with E-state index in [0.29, 0.717) is 26.7 Å². The zero-order valence-electron chi connectivity index (χ0n) is 18.5. The molecule has 0 aliphatic carbocycles. The smallest absolute Gasteiger partial charge is 0.253 e. The third-order valence-corrected chi connectivity index (χ3v) is 6.79. The number of benzene rings is 3. The van der Waals surface area contributed by atoms with E-state index in [-0.39, 0.29) is 23.8 Å². The molecule has 2 amide bonds. The van der Waals surface area contributed by atoms with Crippen LogP contribution in [0.25, 0.3) is 10.6 Å². The molecular formula is C25H18Cl2N4O4S. The molecule has 0 fully saturated rings. The fraction of sp³-hybridized carbons (Fsp3) is 0.120. The van der Waals surface area contributed by atoms with Gasteiger partial charge < -0.3 is 14.8 Å². The summed E-state index contributed by atoms with van der Waals surface area (Å²) < 4.78 is 10.8. The normalized spacial score (nSPS) is 12.7. The molecule has 0 unspecified atom stereocenters. The molecule has 1 atom stereocenters. The maximum atomic E-state index is 13.2. The summed E-state index contributed by atoms with van der Waals surface area (Å²) in [6, 6.07) is 18.5. The largest absolute Gasteiger partial charge is 0.454 e. The number of aromatic nitrogens is 2. The molecule has 0 saturated heterocycles. The van der Waals surface area contributed by atoms with Crippen molar-refractivity contribution in [2.75, 3.05) is 12.1 Å². The second-order valence-corrected chi connectivity index (χ2v) is 9.63. The van der Waals surface area contributed by atoms with Gasteiger partial charge in [-0.25, -0.2) is 0 Å². The van der Waals surface area contributed by atoms with Crippen molar-refractivity contribution in [3.8, 4) is 22.1 Å². The summed E-state index contributed by atoms with van der Waals surface area (Å²) in [6.07, 6.45) is 0.261. The maximum absolute atomic E-state index is 13.2. The topological polar surface area (TPSA) is 102 Å². The first-order chi connectivity index (χ1) is 17.5. The van der Waals surface area contributed by atoms with Crippen LogP contribution in [-0.4, -0.2) is 34.8 Å². The van der Waals surface area contributed by atoms with E-state index in [2.05, 4.69) is 20.8 Å². The van der Waals surface area contributed by atoms with Gasteiger partial charge in [0.25, 0.3) is 5.91 Å². The van der Waals surface area contributed by atoms with Gasteiger partial charge in [0.15, 0.2) is 11.5 Å². The number of fused-ring (bicyclic) bond motifs is 1. The van der Waals surface area contributed by atoms with Gasteiger partial charge in [-0.3, -0.25) is 14.9 Å². The lowest BCUT2D eigenvalue weighted by molar-refractivity contribution is -0.118. The molecule has 5 rings (SSSR count). The SMILES string of the molecule is O=C(N[C@H](Cc1ccccc1)C(=O)Nc1nnc(-c2ccc3c(c2)OCO3)s1)c1ccc(Cl)cc1Cl. The molecule has 4 aromatic rings. The molecule has 3 aromatic carbocycles. The van der Waals surface area contributed by atoms with Gasteiger partial charge in [0.1, 0.15) is 11.0 Å². The van der Waals surface area contributed by atoms with E-state index in [1.54, 1.807) is 12.1 Å². The number of carbonyl (C=O) groups is 2. The third-order valence-electron chi connectivity index (χ3n) is 5.35. The summed E-state index contributed by atoms with van der Waals surface area (Å²) in [5.74, 6) is 0.355. The molecule has 1 aromatic heterocycles. The quantitative estimate of drug-likeness (QED) is 0.333. The van der Waals surface area contributed by atoms with Gasteiger partial charge >= 0.3 is 0 Å². The van der Waals surface area contributed by atoms with Gasteiger partial charge in [0.2, 0.25) is 17.8 Å². The molecule has 1 aliphatic heterocycles. The van der Waals surface area contributed by atoms with Crippen LogP contribution in [0.1, 0.15) is 15.9 Å². The van der Waals surface area contributed by atoms with Crippen molar-refractivity contribution < 1.29 is 19.1 Å². The number of hydrogen-bond acceptors (Lipinski definition) is 7. The van der Waals surface area contributed by atoms with E-state index >= 15 is 0 Å². The zero-order valence-corrected chi connectivity index (χ0v) is 20.9. The fourth-order valence-corrected chi connectivity index (χ4v) is 4.82. The van der Waals surface area contributed by atoms with Gasteiger partial charge in [-0.1, -0.05) is 64.9 Å². The highest BCUT2D eigenvalue weighted by Gasteiger charge is 2.25. The fourth-order valence-electron chi connectivity index (χ4n) is 3.58. The number of nitrogens with one attached hydrogen (secondary N) is 2. The van der Waals surface area contributed by atoms with Crippen molar-refractivity contribution >= 4 is 51.5 Å². The van der Waals surface area contributed by atoms with Crippen LogP contribution in [0.15, 0.2) is 66.7 Å². The van der Waals surface area contributed by atoms with Crippen molar-refractivity contribution in [3.63, 3.8) is 0 Å². The summed E-state index contributed by atoms with van der Waals surface area (Å²) in [4.78, 5) is 26.2. The van der Waals surface area contributed by atoms with Gasteiger partial charge in [-0.15, -0.1) is 10.2 Å². The molecule has 182 valence electrons. The maximum Gasteiger partial charge on any atom is 0.253 e. The number of anilines is 1. The number of amides is 2. The highest BCUT2D eigenvalue weighted by Crippen LogP contribution is 2.37. The first-order valence-corrected chi connectivity index (χ1v) is 12.4. The summed E-state index contributed by atoms with van der Waals surface area (Å²) in [6.45, 7) is 0.173. The number of hydrogen-bond donors (Lipinski definition) is 2. The summed E-state index contributed by atoms with van der Waals surface area (Å²) in [5, 5.41) is 15.3. The second-order valence-electron chi connectivity index (χ2n) is 7.81. The first-order valence-electron chi connectivity index (χ1n) is 10.8. The van der Waals surface area contributed by atoms with Crippen molar-refractivity contribution in [3.05, 3.63) is 87.9 Å². The Morgan fingerprint density at radius 3 is 2.58 bits per heavy atom. The Kier molecular flexibility index (Phi) is 7.04. The predicted octanol–water partition coefficient (Wildman–Crippen LogP) is 5.22. The van der Waals surface area contributed by atoms with Gasteiger partial charge in [0.05, 0.1) is 10.6 Å². The summed E-state index contributed by atoms with van der Waals surface area (Å²) in [7, 11) is 0. The molecule has 0 radical (unpaired) electrons. The van der Waals surface area contributed by atoms with Gasteiger partial charge in [-0.05, 0) is 42.0 Å². The van der Waals surface area contributed by atoms with Crippen LogP contribution < -0.4 is 20.1 Å². The third kappa shape index (κ3) is 5.43. The number of ether oxygens (including phenoxy) is 2. The molecule has 8 nitrogen and oxygen atoms in total. The number of nitrogens with zero attached hydrogens (tertiary/aromatic N) is 2. The number of carbonyl (C=O) groups excluding carboxylic acids is 2. The molecule has 11 heteroatoms. The highest BCUT2D eigenvalue weighted by atomic mass is 35.5. The Bertz CT molecular complexity index is 1430. The molecule has 36 heavy (non-hydrogen) atoms. The van der Waals surface area contributed by atoms with Crippen LogP contribution in [0.5, 0.6) is 11.5 Å². The number of halogens is 2. The van der Waals surface area contributed by atoms with E-state index in [4.69, 9.17) is 32.7 Å². The van der Waals surface area contributed by atoms with E-state index in [9.17, 15) is 9.59 Å². The average Bonchev–Trinajstić information content (AvgIpc) is 3.53. The minimum Gasteiger partial charge on any atom is -0.454 e. The Hall–Kier alpha value is -3.66. The Balaban J connectivity index is 1.34. The molecule has 2 N–H and O–H groups in total. The van der Waals surface area contributed by atoms with Crippen molar-refractivity contribution in [2.45, 2.75) is 12.5 Å². The van der Waals surface area contributed by atoms with Crippen molar-refractivity contribution in [2.24, 2.45) is 0 Å². The minimum absolute atomic E-state index is 0.173. The Morgan fingerprint density at radius 1 is 0.972 bits per heavy atom. The van der Waals surface area contributed by atoms with Crippen LogP contribution in [0, 0.1) is 0 Å². The molecule has 0 spiro atoms. The predicted molar refractivity (Wildman–Crippen MR) is 138 cm³/mol. The highest BCUT2D eigenvalue weighted by molar-refractivity contribution is 7.18. The molecule has 0 bridgehead atoms. The van der Waals surface area contributed by atoms with Gasteiger partial charge in [-0.2, -0.15) is 0 Å². The Labute approximate surface area is 220 Å². The van der Waals surface area contributed by atoms with Gasteiger partial charge in [0, 0.05) is 17.0 Å². The molecule has 2 heterocycles. The Morgan fingerprint density at radius 2 is 1.78 bits per heavy atom. The van der Waals surface area contributed by atoms with E-state index in [1.807, 2.05) is 42.5 Å². The van der Waals surface area contributed by atoms with E-state index in [1.165, 1.54) is 23.5 Å². The number of rotatable bonds is 7. The van der Waals surface area contributed by atoms with E-state index < -0.39 is 17.9 Å². The molecule has 0 saturated carbocycles. The lowest BCUT2D eigenvalue weighted by atomic mass is 10.0. The summed E-state index contributed by atoms with van der Waals surface area (Å²) in [5.41, 5.74) is 1.87. The second kappa shape index (κ2) is 10.5. The zero-order chi connectivity index (χ0) is 25.1. The van der Waals surface area contributed by atoms with E-state index in [0.717, 1.165) is 11.1 Å². The average molecular weight is 541 g/mol. The monoisotopic (exact) mass is 540 g/mol. The van der Waals surface area contributed by atoms with Crippen LogP contribution in [0.4, 0.5) is 5.13 Å². The van der Waals surface area contributed by atoms with Crippen LogP contribution in [-0.2, 0) is 11.2 Å². The van der Waals surface area contributed by atoms with Crippen LogP contribution in [0.2, 0.25) is 10.0 Å². The van der Waals surface area contributed by atoms with Crippen molar-refractivity contribution in [1.82, 2.24) is 15.5 Å². The standard InChI is InChI=1S/C25H18Cl2N4O4S/c26-16-7-8-17(18(27)12-16)22(32)28-19(10-14-4-2-1-3-5-14)23(33)29-25-31-30-24(36-25)15-6-9-20-21(11-15)35-13-34-20/h1-9,11-12,19H,10,13H2,(H,28,32)(H,29,31,33)/t19-/m1/s1. The van der Waals surface area contributed by atoms with Crippen molar-refractivity contribution in [1.29, 1.82) is 0 Å². The lowest BCUT2D eigenvalue weighted by Crippen LogP contribution is -2.45. The first kappa shape index (κ1) is 24.1. The minimum atomic E-state index is -0.899. The van der Waals surface area contributed by atoms with Crippen LogP contribution >= 0.6 is 34.5 Å². The summed E-state index contributed by atoms with van der Waals surface area (Å²) >= 11 is 13.3. The lowest BCUT2D eigenvalue weighted by Gasteiger charge is -2.18. The molecule has 1 aliphatic rings.